The van der Waals surface area contributed by atoms with Crippen molar-refractivity contribution < 1.29 is 5.03 Å². The molecule has 17 heavy (non-hydrogen) atoms. The summed E-state index contributed by atoms with van der Waals surface area (Å²) in [5.41, 5.74) is 6.17. The van der Waals surface area contributed by atoms with E-state index >= 15 is 0 Å². The lowest BCUT2D eigenvalue weighted by Crippen LogP contribution is -2.48. The van der Waals surface area contributed by atoms with Crippen LogP contribution in [0.5, 0.6) is 0 Å². The number of nitrogens with one attached hydrogen (secondary N) is 2. The predicted octanol–water partition coefficient (Wildman–Crippen LogP) is 0.490. The number of nitrogens with zero attached hydrogens (tertiary/aromatic N) is 3. The van der Waals surface area contributed by atoms with Gasteiger partial charge in [-0.1, -0.05) is 35.8 Å². The smallest absolute Gasteiger partial charge is 0.249 e. The Morgan fingerprint density at radius 3 is 2.88 bits per heavy atom. The molecule has 1 unspecified atom stereocenters. The zero-order chi connectivity index (χ0) is 12.3. The van der Waals surface area contributed by atoms with Crippen molar-refractivity contribution in [2.75, 3.05) is 0 Å². The standard InChI is InChI=1S/C10H13N5O2/c1-8-11-10(13-15(16)17)14(12-8)7-9-5-3-2-4-6-9/h2-6,10,13H,7H2,1H3,(H,11,12). The molecule has 1 aliphatic heterocycles. The summed E-state index contributed by atoms with van der Waals surface area (Å²) in [5.74, 6) is 0.653. The molecule has 1 atom stereocenters. The van der Waals surface area contributed by atoms with Gasteiger partial charge in [0.05, 0.1) is 0 Å². The number of aliphatic imine (C=N–C) groups is 1. The molecule has 1 aromatic rings. The topological polar surface area (TPSA) is 82.8 Å². The highest BCUT2D eigenvalue weighted by molar-refractivity contribution is 5.80. The average Bonchev–Trinajstić information content (AvgIpc) is 2.59. The van der Waals surface area contributed by atoms with Gasteiger partial charge in [0.15, 0.2) is 5.03 Å². The van der Waals surface area contributed by atoms with Gasteiger partial charge in [0, 0.05) is 6.54 Å². The van der Waals surface area contributed by atoms with E-state index in [1.807, 2.05) is 30.3 Å². The Labute approximate surface area is 98.2 Å². The van der Waals surface area contributed by atoms with Crippen molar-refractivity contribution >= 4 is 5.84 Å². The Bertz CT molecular complexity index is 434. The van der Waals surface area contributed by atoms with Crippen LogP contribution in [0, 0.1) is 10.1 Å². The van der Waals surface area contributed by atoms with Crippen LogP contribution >= 0.6 is 0 Å². The van der Waals surface area contributed by atoms with Crippen LogP contribution in [-0.4, -0.2) is 22.2 Å². The van der Waals surface area contributed by atoms with Gasteiger partial charge in [-0.05, 0) is 12.5 Å². The van der Waals surface area contributed by atoms with E-state index in [0.29, 0.717) is 12.4 Å². The molecule has 0 aromatic heterocycles. The lowest BCUT2D eigenvalue weighted by atomic mass is 10.2. The molecule has 1 aromatic carbocycles. The van der Waals surface area contributed by atoms with Crippen LogP contribution in [0.1, 0.15) is 12.5 Å². The molecule has 0 bridgehead atoms. The second-order valence-electron chi connectivity index (χ2n) is 3.70. The average molecular weight is 235 g/mol. The number of rotatable bonds is 4. The van der Waals surface area contributed by atoms with Crippen molar-refractivity contribution in [2.24, 2.45) is 4.99 Å². The first-order valence-electron chi connectivity index (χ1n) is 5.17. The number of amidine groups is 1. The Hall–Kier alpha value is -2.15. The summed E-state index contributed by atoms with van der Waals surface area (Å²) in [5, 5.41) is 11.5. The summed E-state index contributed by atoms with van der Waals surface area (Å²) in [7, 11) is 0. The van der Waals surface area contributed by atoms with Crippen LogP contribution in [0.25, 0.3) is 0 Å². The van der Waals surface area contributed by atoms with Gasteiger partial charge in [0.25, 0.3) is 0 Å². The van der Waals surface area contributed by atoms with E-state index < -0.39 is 11.3 Å². The minimum absolute atomic E-state index is 0.535. The first-order valence-corrected chi connectivity index (χ1v) is 5.17. The summed E-state index contributed by atoms with van der Waals surface area (Å²) in [6, 6.07) is 9.69. The minimum Gasteiger partial charge on any atom is -0.303 e. The normalized spacial score (nSPS) is 19.6. The Morgan fingerprint density at radius 2 is 2.24 bits per heavy atom. The van der Waals surface area contributed by atoms with E-state index in [0.717, 1.165) is 5.56 Å². The van der Waals surface area contributed by atoms with Gasteiger partial charge in [-0.3, -0.25) is 0 Å². The van der Waals surface area contributed by atoms with Gasteiger partial charge >= 0.3 is 0 Å². The fourth-order valence-electron chi connectivity index (χ4n) is 1.65. The molecule has 0 aliphatic carbocycles. The molecule has 2 rings (SSSR count). The molecule has 7 nitrogen and oxygen atoms in total. The third-order valence-corrected chi connectivity index (χ3v) is 2.33. The number of nitro groups is 1. The maximum absolute atomic E-state index is 10.4. The molecule has 0 fully saturated rings. The molecular weight excluding hydrogens is 222 g/mol. The molecule has 1 heterocycles. The molecular formula is C10H13N5O2. The second kappa shape index (κ2) is 4.79. The van der Waals surface area contributed by atoms with Gasteiger partial charge < -0.3 is 5.43 Å². The van der Waals surface area contributed by atoms with E-state index in [-0.39, 0.29) is 0 Å². The summed E-state index contributed by atoms with van der Waals surface area (Å²) in [6.45, 7) is 2.30. The van der Waals surface area contributed by atoms with E-state index in [2.05, 4.69) is 15.8 Å². The van der Waals surface area contributed by atoms with Crippen LogP contribution in [0.2, 0.25) is 0 Å². The first-order chi connectivity index (χ1) is 8.15. The van der Waals surface area contributed by atoms with Crippen molar-refractivity contribution in [3.05, 3.63) is 46.0 Å². The van der Waals surface area contributed by atoms with Crippen LogP contribution in [0.4, 0.5) is 0 Å². The Morgan fingerprint density at radius 1 is 1.53 bits per heavy atom. The van der Waals surface area contributed by atoms with Gasteiger partial charge in [-0.25, -0.2) is 15.1 Å². The minimum atomic E-state index is -0.676. The number of benzene rings is 1. The Kier molecular flexibility index (Phi) is 3.20. The highest BCUT2D eigenvalue weighted by atomic mass is 16.7. The molecule has 7 heteroatoms. The number of hydrazine groups is 2. The fourth-order valence-corrected chi connectivity index (χ4v) is 1.65. The Balaban J connectivity index is 2.03. The van der Waals surface area contributed by atoms with E-state index in [1.54, 1.807) is 11.9 Å². The van der Waals surface area contributed by atoms with Crippen molar-refractivity contribution in [3.8, 4) is 0 Å². The molecule has 2 N–H and O–H groups in total. The van der Waals surface area contributed by atoms with Gasteiger partial charge in [-0.15, -0.1) is 0 Å². The third kappa shape index (κ3) is 2.91. The number of hydrogen-bond donors (Lipinski definition) is 2. The maximum atomic E-state index is 10.4. The predicted molar refractivity (Wildman–Crippen MR) is 62.1 cm³/mol. The summed E-state index contributed by atoms with van der Waals surface area (Å²) >= 11 is 0. The van der Waals surface area contributed by atoms with E-state index in [1.165, 1.54) is 0 Å². The van der Waals surface area contributed by atoms with Crippen molar-refractivity contribution in [3.63, 3.8) is 0 Å². The SMILES string of the molecule is CC1=NC(N[N+](=O)[O-])N(Cc2ccccc2)N1. The van der Waals surface area contributed by atoms with Crippen molar-refractivity contribution in [1.82, 2.24) is 15.9 Å². The van der Waals surface area contributed by atoms with Crippen LogP contribution in [-0.2, 0) is 6.54 Å². The van der Waals surface area contributed by atoms with Crippen LogP contribution < -0.4 is 10.9 Å². The van der Waals surface area contributed by atoms with Crippen molar-refractivity contribution in [1.29, 1.82) is 0 Å². The zero-order valence-electron chi connectivity index (χ0n) is 9.33. The highest BCUT2D eigenvalue weighted by Crippen LogP contribution is 2.09. The monoisotopic (exact) mass is 235 g/mol. The van der Waals surface area contributed by atoms with Gasteiger partial charge in [-0.2, -0.15) is 5.01 Å². The molecule has 0 spiro atoms. The third-order valence-electron chi connectivity index (χ3n) is 2.33. The highest BCUT2D eigenvalue weighted by Gasteiger charge is 2.27. The molecule has 90 valence electrons. The van der Waals surface area contributed by atoms with E-state index in [4.69, 9.17) is 0 Å². The summed E-state index contributed by atoms with van der Waals surface area (Å²) in [4.78, 5) is 14.5. The summed E-state index contributed by atoms with van der Waals surface area (Å²) < 4.78 is 0. The molecule has 0 saturated carbocycles. The van der Waals surface area contributed by atoms with Crippen LogP contribution in [0.15, 0.2) is 35.3 Å². The largest absolute Gasteiger partial charge is 0.303 e. The maximum Gasteiger partial charge on any atom is 0.249 e. The zero-order valence-corrected chi connectivity index (χ0v) is 9.33. The molecule has 0 amide bonds. The lowest BCUT2D eigenvalue weighted by Gasteiger charge is -2.20. The molecule has 1 aliphatic rings. The van der Waals surface area contributed by atoms with Crippen molar-refractivity contribution in [2.45, 2.75) is 19.8 Å². The van der Waals surface area contributed by atoms with Gasteiger partial charge in [0.2, 0.25) is 6.29 Å². The second-order valence-corrected chi connectivity index (χ2v) is 3.70. The van der Waals surface area contributed by atoms with Gasteiger partial charge in [0.1, 0.15) is 5.84 Å². The number of hydrogen-bond acceptors (Lipinski definition) is 5. The quantitative estimate of drug-likeness (QED) is 0.586. The lowest BCUT2D eigenvalue weighted by molar-refractivity contribution is -0.555. The summed E-state index contributed by atoms with van der Waals surface area (Å²) in [6.07, 6.45) is -0.676. The van der Waals surface area contributed by atoms with E-state index in [9.17, 15) is 10.1 Å². The van der Waals surface area contributed by atoms with Crippen LogP contribution in [0.3, 0.4) is 0 Å². The molecule has 0 radical (unpaired) electrons. The molecule has 0 saturated heterocycles. The first kappa shape index (κ1) is 11.3. The fraction of sp³-hybridized carbons (Fsp3) is 0.300.